The second-order valence-electron chi connectivity index (χ2n) is 2.42. The molecule has 2 rings (SSSR count). The van der Waals surface area contributed by atoms with Gasteiger partial charge in [0.1, 0.15) is 6.33 Å². The molecule has 0 unspecified atom stereocenters. The number of hydrogen-bond donors (Lipinski definition) is 1. The summed E-state index contributed by atoms with van der Waals surface area (Å²) in [6, 6.07) is 1.78. The number of aromatic nitrogens is 4. The topological polar surface area (TPSA) is 106 Å². The van der Waals surface area contributed by atoms with E-state index in [-0.39, 0.29) is 0 Å². The minimum absolute atomic E-state index is 0.435. The molecule has 16 heavy (non-hydrogen) atoms. The first-order valence-electron chi connectivity index (χ1n) is 4.04. The Balaban J connectivity index is 0.000000181. The molecule has 2 heterocycles. The molecule has 7 nitrogen and oxygen atoms in total. The molecule has 0 amide bonds. The lowest BCUT2D eigenvalue weighted by atomic mass is 10.7. The molecular weight excluding hydrogens is 232 g/mol. The van der Waals surface area contributed by atoms with Gasteiger partial charge in [0.25, 0.3) is 0 Å². The average Bonchev–Trinajstić information content (AvgIpc) is 2.32. The van der Waals surface area contributed by atoms with Crippen LogP contribution < -0.4 is 0 Å². The van der Waals surface area contributed by atoms with Crippen LogP contribution in [0.3, 0.4) is 0 Å². The Labute approximate surface area is 92.0 Å². The Bertz CT molecular complexity index is 477. The van der Waals surface area contributed by atoms with Crippen LogP contribution in [-0.4, -0.2) is 32.9 Å². The predicted molar refractivity (Wildman–Crippen MR) is 53.9 cm³/mol. The van der Waals surface area contributed by atoms with E-state index in [2.05, 4.69) is 19.9 Å². The van der Waals surface area contributed by atoms with Gasteiger partial charge in [0.05, 0.1) is 6.20 Å². The van der Waals surface area contributed by atoms with Gasteiger partial charge in [-0.3, -0.25) is 9.54 Å². The van der Waals surface area contributed by atoms with Crippen LogP contribution >= 0.6 is 0 Å². The van der Waals surface area contributed by atoms with Crippen molar-refractivity contribution in [2.24, 2.45) is 0 Å². The molecule has 0 aromatic carbocycles. The molecule has 0 atom stereocenters. The molecule has 0 aliphatic rings. The Kier molecular flexibility index (Phi) is 4.42. The molecule has 0 radical (unpaired) electrons. The van der Waals surface area contributed by atoms with E-state index in [0.29, 0.717) is 0 Å². The van der Waals surface area contributed by atoms with Crippen molar-refractivity contribution in [1.29, 1.82) is 0 Å². The van der Waals surface area contributed by atoms with E-state index in [1.165, 1.54) is 18.7 Å². The quantitative estimate of drug-likeness (QED) is 0.709. The van der Waals surface area contributed by atoms with Crippen LogP contribution in [0.1, 0.15) is 0 Å². The second-order valence-corrected chi connectivity index (χ2v) is 3.79. The highest BCUT2D eigenvalue weighted by Crippen LogP contribution is 1.98. The third kappa shape index (κ3) is 4.53. The summed E-state index contributed by atoms with van der Waals surface area (Å²) in [6.07, 6.45) is 8.34. The maximum Gasteiger partial charge on any atom is 0.313 e. The van der Waals surface area contributed by atoms with Gasteiger partial charge in [-0.15, -0.1) is 0 Å². The van der Waals surface area contributed by atoms with Crippen LogP contribution in [0.2, 0.25) is 0 Å². The number of rotatable bonds is 1. The van der Waals surface area contributed by atoms with Gasteiger partial charge < -0.3 is 0 Å². The molecule has 1 N–H and O–H groups in total. The van der Waals surface area contributed by atoms with Crippen molar-refractivity contribution in [1.82, 2.24) is 19.9 Å². The van der Waals surface area contributed by atoms with Gasteiger partial charge in [-0.1, -0.05) is 0 Å². The van der Waals surface area contributed by atoms with Crippen LogP contribution in [0.5, 0.6) is 0 Å². The lowest BCUT2D eigenvalue weighted by molar-refractivity contribution is 0.478. The molecule has 84 valence electrons. The van der Waals surface area contributed by atoms with Gasteiger partial charge in [-0.2, -0.15) is 8.42 Å². The van der Waals surface area contributed by atoms with E-state index in [1.807, 2.05) is 0 Å². The molecule has 8 heteroatoms. The fraction of sp³-hybridized carbons (Fsp3) is 0. The van der Waals surface area contributed by atoms with Crippen molar-refractivity contribution in [2.75, 3.05) is 0 Å². The van der Waals surface area contributed by atoms with Gasteiger partial charge in [0, 0.05) is 24.8 Å². The summed E-state index contributed by atoms with van der Waals surface area (Å²) < 4.78 is 28.9. The van der Waals surface area contributed by atoms with Gasteiger partial charge in [-0.05, 0) is 6.07 Å². The van der Waals surface area contributed by atoms with Crippen molar-refractivity contribution in [3.8, 4) is 0 Å². The molecule has 0 aliphatic carbocycles. The van der Waals surface area contributed by atoms with E-state index in [1.54, 1.807) is 18.5 Å². The maximum absolute atomic E-state index is 10.3. The van der Waals surface area contributed by atoms with Crippen LogP contribution in [0.25, 0.3) is 0 Å². The van der Waals surface area contributed by atoms with Crippen LogP contribution in [-0.2, 0) is 10.1 Å². The van der Waals surface area contributed by atoms with Gasteiger partial charge >= 0.3 is 10.1 Å². The molecule has 0 bridgehead atoms. The second kappa shape index (κ2) is 5.83. The summed E-state index contributed by atoms with van der Waals surface area (Å²) in [6.45, 7) is 0. The number of hydrogen-bond acceptors (Lipinski definition) is 6. The van der Waals surface area contributed by atoms with Gasteiger partial charge in [0.2, 0.25) is 5.03 Å². The third-order valence-corrected chi connectivity index (χ3v) is 2.02. The lowest BCUT2D eigenvalue weighted by Gasteiger charge is -1.90. The summed E-state index contributed by atoms with van der Waals surface area (Å²) in [5.74, 6) is 0. The lowest BCUT2D eigenvalue weighted by Crippen LogP contribution is -2.00. The summed E-state index contributed by atoms with van der Waals surface area (Å²) in [5, 5.41) is -0.435. The number of nitrogens with zero attached hydrogens (tertiary/aromatic N) is 4. The predicted octanol–water partition coefficient (Wildman–Crippen LogP) is 0.200. The summed E-state index contributed by atoms with van der Waals surface area (Å²) in [4.78, 5) is 14.1. The van der Waals surface area contributed by atoms with E-state index in [4.69, 9.17) is 4.55 Å². The fourth-order valence-corrected chi connectivity index (χ4v) is 1.06. The highest BCUT2D eigenvalue weighted by atomic mass is 32.2. The summed E-state index contributed by atoms with van der Waals surface area (Å²) >= 11 is 0. The first kappa shape index (κ1) is 12.1. The standard InChI is InChI=1S/C4H4N2O3S.C4H4N2/c7-10(8,9)4-3-5-1-2-6-4;1-2-5-4-6-3-1/h1-3H,(H,7,8,9);1-4H. The van der Waals surface area contributed by atoms with E-state index < -0.39 is 15.1 Å². The summed E-state index contributed by atoms with van der Waals surface area (Å²) in [5.41, 5.74) is 0. The third-order valence-electron chi connectivity index (χ3n) is 1.28. The van der Waals surface area contributed by atoms with Crippen molar-refractivity contribution < 1.29 is 13.0 Å². The van der Waals surface area contributed by atoms with Crippen LogP contribution in [0.15, 0.2) is 48.4 Å². The minimum atomic E-state index is -4.18. The molecule has 2 aromatic rings. The highest BCUT2D eigenvalue weighted by molar-refractivity contribution is 7.85. The Morgan fingerprint density at radius 2 is 1.69 bits per heavy atom. The molecule has 0 saturated heterocycles. The first-order chi connectivity index (χ1) is 7.61. The monoisotopic (exact) mass is 240 g/mol. The van der Waals surface area contributed by atoms with Gasteiger partial charge in [-0.25, -0.2) is 15.0 Å². The fourth-order valence-electron chi connectivity index (χ4n) is 0.672. The van der Waals surface area contributed by atoms with Crippen molar-refractivity contribution in [3.05, 3.63) is 43.4 Å². The molecular formula is C8H8N4O3S. The Morgan fingerprint density at radius 3 is 1.94 bits per heavy atom. The van der Waals surface area contributed by atoms with E-state index in [9.17, 15) is 8.42 Å². The maximum atomic E-state index is 10.3. The SMILES string of the molecule is O=S(=O)(O)c1cnccn1.c1cncnc1. The van der Waals surface area contributed by atoms with Gasteiger partial charge in [0.15, 0.2) is 0 Å². The molecule has 0 saturated carbocycles. The zero-order chi connectivity index (χ0) is 11.9. The largest absolute Gasteiger partial charge is 0.313 e. The molecule has 2 aromatic heterocycles. The highest BCUT2D eigenvalue weighted by Gasteiger charge is 2.09. The minimum Gasteiger partial charge on any atom is -0.281 e. The molecule has 0 aliphatic heterocycles. The van der Waals surface area contributed by atoms with Crippen molar-refractivity contribution in [2.45, 2.75) is 5.03 Å². The Morgan fingerprint density at radius 1 is 1.00 bits per heavy atom. The zero-order valence-electron chi connectivity index (χ0n) is 8.00. The normalized spacial score (nSPS) is 10.1. The van der Waals surface area contributed by atoms with E-state index in [0.717, 1.165) is 6.20 Å². The van der Waals surface area contributed by atoms with Crippen LogP contribution in [0.4, 0.5) is 0 Å². The van der Waals surface area contributed by atoms with E-state index >= 15 is 0 Å². The first-order valence-corrected chi connectivity index (χ1v) is 5.48. The zero-order valence-corrected chi connectivity index (χ0v) is 8.82. The smallest absolute Gasteiger partial charge is 0.281 e. The summed E-state index contributed by atoms with van der Waals surface area (Å²) in [7, 11) is -4.18. The Hall–Kier alpha value is -1.93. The molecule has 0 fully saturated rings. The van der Waals surface area contributed by atoms with Crippen molar-refractivity contribution >= 4 is 10.1 Å². The van der Waals surface area contributed by atoms with Crippen LogP contribution in [0, 0.1) is 0 Å². The molecule has 0 spiro atoms. The average molecular weight is 240 g/mol. The van der Waals surface area contributed by atoms with Crippen molar-refractivity contribution in [3.63, 3.8) is 0 Å².